The van der Waals surface area contributed by atoms with E-state index in [1.54, 1.807) is 13.2 Å². The molecule has 0 aromatic heterocycles. The minimum Gasteiger partial charge on any atom is -0.504 e. The number of rotatable bonds is 4. The van der Waals surface area contributed by atoms with Gasteiger partial charge in [-0.1, -0.05) is 19.1 Å². The molecule has 0 bridgehead atoms. The Kier molecular flexibility index (Phi) is 4.70. The molecule has 0 aliphatic heterocycles. The van der Waals surface area contributed by atoms with Gasteiger partial charge < -0.3 is 9.84 Å². The highest BCUT2D eigenvalue weighted by atomic mass is 16.5. The Balaban J connectivity index is 2.00. The molecular formula is C16H25NO2. The second-order valence-corrected chi connectivity index (χ2v) is 5.80. The van der Waals surface area contributed by atoms with Crippen LogP contribution in [0.1, 0.15) is 38.2 Å². The molecule has 0 amide bonds. The van der Waals surface area contributed by atoms with E-state index >= 15 is 0 Å². The minimum atomic E-state index is 0.279. The van der Waals surface area contributed by atoms with Crippen molar-refractivity contribution in [3.63, 3.8) is 0 Å². The normalized spacial score (nSPS) is 23.6. The number of phenols is 1. The van der Waals surface area contributed by atoms with Gasteiger partial charge in [0, 0.05) is 18.2 Å². The molecule has 0 heterocycles. The quantitative estimate of drug-likeness (QED) is 0.903. The molecule has 1 fully saturated rings. The largest absolute Gasteiger partial charge is 0.504 e. The van der Waals surface area contributed by atoms with Crippen LogP contribution in [0.25, 0.3) is 0 Å². The lowest BCUT2D eigenvalue weighted by atomic mass is 9.86. The lowest BCUT2D eigenvalue weighted by molar-refractivity contribution is 0.162. The Morgan fingerprint density at radius 1 is 1.26 bits per heavy atom. The van der Waals surface area contributed by atoms with Crippen LogP contribution in [0, 0.1) is 5.92 Å². The summed E-state index contributed by atoms with van der Waals surface area (Å²) < 4.78 is 5.16. The molecule has 3 heteroatoms. The van der Waals surface area contributed by atoms with Crippen molar-refractivity contribution in [1.29, 1.82) is 0 Å². The lowest BCUT2D eigenvalue weighted by Crippen LogP contribution is -2.34. The van der Waals surface area contributed by atoms with Crippen LogP contribution >= 0.6 is 0 Å². The van der Waals surface area contributed by atoms with Gasteiger partial charge in [0.15, 0.2) is 11.5 Å². The van der Waals surface area contributed by atoms with Crippen molar-refractivity contribution >= 4 is 0 Å². The summed E-state index contributed by atoms with van der Waals surface area (Å²) in [5.74, 6) is 1.71. The molecule has 1 aliphatic carbocycles. The van der Waals surface area contributed by atoms with Gasteiger partial charge in [0.1, 0.15) is 0 Å². The standard InChI is InChI=1S/C16H25NO2/c1-12-7-9-14(10-8-12)17(2)11-13-5-4-6-15(19-3)16(13)18/h4-6,12,14,18H,7-11H2,1-3H3. The van der Waals surface area contributed by atoms with Crippen LogP contribution in [-0.2, 0) is 6.54 Å². The number of nitrogens with zero attached hydrogens (tertiary/aromatic N) is 1. The Morgan fingerprint density at radius 3 is 2.58 bits per heavy atom. The fraction of sp³-hybridized carbons (Fsp3) is 0.625. The smallest absolute Gasteiger partial charge is 0.162 e. The van der Waals surface area contributed by atoms with Crippen LogP contribution in [0.3, 0.4) is 0 Å². The summed E-state index contributed by atoms with van der Waals surface area (Å²) in [5.41, 5.74) is 0.945. The maximum atomic E-state index is 10.1. The summed E-state index contributed by atoms with van der Waals surface area (Å²) in [6.45, 7) is 3.12. The third-order valence-corrected chi connectivity index (χ3v) is 4.33. The SMILES string of the molecule is COc1cccc(CN(C)C2CCC(C)CC2)c1O. The zero-order chi connectivity index (χ0) is 13.8. The van der Waals surface area contributed by atoms with Crippen molar-refractivity contribution in [3.05, 3.63) is 23.8 Å². The number of para-hydroxylation sites is 1. The van der Waals surface area contributed by atoms with E-state index in [1.165, 1.54) is 25.7 Å². The van der Waals surface area contributed by atoms with Crippen LogP contribution in [0.4, 0.5) is 0 Å². The Labute approximate surface area is 116 Å². The maximum Gasteiger partial charge on any atom is 0.162 e. The average Bonchev–Trinajstić information content (AvgIpc) is 2.42. The van der Waals surface area contributed by atoms with Crippen molar-refractivity contribution in [2.45, 2.75) is 45.2 Å². The summed E-state index contributed by atoms with van der Waals surface area (Å²) in [7, 11) is 3.74. The van der Waals surface area contributed by atoms with Gasteiger partial charge in [-0.3, -0.25) is 4.90 Å². The third-order valence-electron chi connectivity index (χ3n) is 4.33. The number of benzene rings is 1. The predicted molar refractivity (Wildman–Crippen MR) is 77.5 cm³/mol. The van der Waals surface area contributed by atoms with Gasteiger partial charge in [-0.25, -0.2) is 0 Å². The van der Waals surface area contributed by atoms with Gasteiger partial charge in [0.05, 0.1) is 7.11 Å². The highest BCUT2D eigenvalue weighted by Gasteiger charge is 2.22. The van der Waals surface area contributed by atoms with E-state index in [0.29, 0.717) is 11.8 Å². The predicted octanol–water partition coefficient (Wildman–Crippen LogP) is 3.41. The summed E-state index contributed by atoms with van der Waals surface area (Å²) in [6.07, 6.45) is 5.17. The molecule has 106 valence electrons. The summed E-state index contributed by atoms with van der Waals surface area (Å²) in [6, 6.07) is 6.34. The maximum absolute atomic E-state index is 10.1. The number of hydrogen-bond acceptors (Lipinski definition) is 3. The molecule has 3 nitrogen and oxygen atoms in total. The van der Waals surface area contributed by atoms with E-state index in [0.717, 1.165) is 18.0 Å². The molecule has 2 rings (SSSR count). The van der Waals surface area contributed by atoms with Crippen LogP contribution in [0.15, 0.2) is 18.2 Å². The van der Waals surface area contributed by atoms with Crippen LogP contribution in [0.5, 0.6) is 11.5 Å². The number of phenolic OH excluding ortho intramolecular Hbond substituents is 1. The highest BCUT2D eigenvalue weighted by molar-refractivity contribution is 5.45. The van der Waals surface area contributed by atoms with Crippen molar-refractivity contribution in [1.82, 2.24) is 4.90 Å². The van der Waals surface area contributed by atoms with E-state index in [4.69, 9.17) is 4.74 Å². The van der Waals surface area contributed by atoms with Crippen molar-refractivity contribution < 1.29 is 9.84 Å². The third kappa shape index (κ3) is 3.41. The molecule has 0 atom stereocenters. The zero-order valence-electron chi connectivity index (χ0n) is 12.2. The zero-order valence-corrected chi connectivity index (χ0v) is 12.2. The van der Waals surface area contributed by atoms with Crippen LogP contribution in [-0.4, -0.2) is 30.2 Å². The van der Waals surface area contributed by atoms with Gasteiger partial charge >= 0.3 is 0 Å². The van der Waals surface area contributed by atoms with Gasteiger partial charge in [0.25, 0.3) is 0 Å². The highest BCUT2D eigenvalue weighted by Crippen LogP contribution is 2.32. The van der Waals surface area contributed by atoms with E-state index in [1.807, 2.05) is 12.1 Å². The molecule has 1 aliphatic rings. The van der Waals surface area contributed by atoms with Gasteiger partial charge in [-0.05, 0) is 44.7 Å². The molecule has 0 saturated heterocycles. The fourth-order valence-electron chi connectivity index (χ4n) is 2.94. The Morgan fingerprint density at radius 2 is 1.95 bits per heavy atom. The molecular weight excluding hydrogens is 238 g/mol. The molecule has 1 aromatic carbocycles. The minimum absolute atomic E-state index is 0.279. The van der Waals surface area contributed by atoms with E-state index in [9.17, 15) is 5.11 Å². The number of hydrogen-bond donors (Lipinski definition) is 1. The molecule has 0 unspecified atom stereocenters. The molecule has 1 aromatic rings. The first kappa shape index (κ1) is 14.2. The summed E-state index contributed by atoms with van der Waals surface area (Å²) in [4.78, 5) is 2.36. The monoisotopic (exact) mass is 263 g/mol. The van der Waals surface area contributed by atoms with Crippen molar-refractivity contribution in [2.24, 2.45) is 5.92 Å². The first-order valence-corrected chi connectivity index (χ1v) is 7.17. The van der Waals surface area contributed by atoms with Gasteiger partial charge in [-0.2, -0.15) is 0 Å². The van der Waals surface area contributed by atoms with E-state index < -0.39 is 0 Å². The number of ether oxygens (including phenoxy) is 1. The number of methoxy groups -OCH3 is 1. The van der Waals surface area contributed by atoms with Gasteiger partial charge in [0.2, 0.25) is 0 Å². The van der Waals surface area contributed by atoms with Crippen LogP contribution < -0.4 is 4.74 Å². The molecule has 1 saturated carbocycles. The van der Waals surface area contributed by atoms with Crippen LogP contribution in [0.2, 0.25) is 0 Å². The second kappa shape index (κ2) is 6.29. The Bertz CT molecular complexity index is 411. The van der Waals surface area contributed by atoms with Gasteiger partial charge in [-0.15, -0.1) is 0 Å². The Hall–Kier alpha value is -1.22. The first-order chi connectivity index (χ1) is 9.11. The topological polar surface area (TPSA) is 32.7 Å². The first-order valence-electron chi connectivity index (χ1n) is 7.17. The average molecular weight is 263 g/mol. The van der Waals surface area contributed by atoms with Crippen molar-refractivity contribution in [3.8, 4) is 11.5 Å². The summed E-state index contributed by atoms with van der Waals surface area (Å²) in [5, 5.41) is 10.1. The number of aromatic hydroxyl groups is 1. The van der Waals surface area contributed by atoms with E-state index in [2.05, 4.69) is 18.9 Å². The second-order valence-electron chi connectivity index (χ2n) is 5.80. The van der Waals surface area contributed by atoms with E-state index in [-0.39, 0.29) is 5.75 Å². The fourth-order valence-corrected chi connectivity index (χ4v) is 2.94. The lowest BCUT2D eigenvalue weighted by Gasteiger charge is -2.33. The molecule has 19 heavy (non-hydrogen) atoms. The summed E-state index contributed by atoms with van der Waals surface area (Å²) >= 11 is 0. The molecule has 0 spiro atoms. The van der Waals surface area contributed by atoms with Crippen molar-refractivity contribution in [2.75, 3.05) is 14.2 Å². The molecule has 1 N–H and O–H groups in total. The molecule has 0 radical (unpaired) electrons.